The van der Waals surface area contributed by atoms with Crippen molar-refractivity contribution in [2.24, 2.45) is 0 Å². The Morgan fingerprint density at radius 3 is 2.59 bits per heavy atom. The lowest BCUT2D eigenvalue weighted by Gasteiger charge is -1.96. The number of carbonyl (C=O) groups is 1. The Hall–Kier alpha value is -1.74. The lowest BCUT2D eigenvalue weighted by Crippen LogP contribution is -1.93. The van der Waals surface area contributed by atoms with Crippen LogP contribution in [-0.4, -0.2) is 10.8 Å². The van der Waals surface area contributed by atoms with Crippen LogP contribution in [0.25, 0.3) is 6.08 Å². The van der Waals surface area contributed by atoms with E-state index in [9.17, 15) is 4.79 Å². The molecule has 0 radical (unpaired) electrons. The monoisotopic (exact) mass is 287 g/mol. The molecule has 0 aliphatic heterocycles. The maximum atomic E-state index is 11.8. The lowest BCUT2D eigenvalue weighted by atomic mass is 10.1. The predicted molar refractivity (Wildman–Crippen MR) is 71.7 cm³/mol. The van der Waals surface area contributed by atoms with E-state index in [1.54, 1.807) is 36.7 Å². The molecule has 0 unspecified atom stereocenters. The maximum Gasteiger partial charge on any atom is 0.185 e. The van der Waals surface area contributed by atoms with E-state index in [2.05, 4.69) is 20.9 Å². The fraction of sp³-hybridized carbons (Fsp3) is 0. The molecule has 0 aliphatic carbocycles. The van der Waals surface area contributed by atoms with E-state index in [0.717, 1.165) is 10.0 Å². The van der Waals surface area contributed by atoms with Crippen LogP contribution in [0.5, 0.6) is 0 Å². The Labute approximate surface area is 108 Å². The molecule has 0 aliphatic rings. The topological polar surface area (TPSA) is 30.0 Å². The van der Waals surface area contributed by atoms with Gasteiger partial charge in [-0.1, -0.05) is 22.0 Å². The molecule has 17 heavy (non-hydrogen) atoms. The number of hydrogen-bond donors (Lipinski definition) is 0. The van der Waals surface area contributed by atoms with Gasteiger partial charge in [0, 0.05) is 22.4 Å². The fourth-order valence-corrected chi connectivity index (χ4v) is 1.62. The van der Waals surface area contributed by atoms with Crippen molar-refractivity contribution in [3.8, 4) is 0 Å². The highest BCUT2D eigenvalue weighted by Gasteiger charge is 2.00. The largest absolute Gasteiger partial charge is 0.289 e. The van der Waals surface area contributed by atoms with Crippen molar-refractivity contribution < 1.29 is 4.79 Å². The van der Waals surface area contributed by atoms with Crippen LogP contribution in [0.4, 0.5) is 0 Å². The number of carbonyl (C=O) groups excluding carboxylic acids is 1. The van der Waals surface area contributed by atoms with Crippen LogP contribution in [-0.2, 0) is 0 Å². The second kappa shape index (κ2) is 5.55. The molecule has 0 atom stereocenters. The summed E-state index contributed by atoms with van der Waals surface area (Å²) in [5, 5.41) is 0. The molecule has 0 fully saturated rings. The molecule has 3 heteroatoms. The Morgan fingerprint density at radius 1 is 1.18 bits per heavy atom. The van der Waals surface area contributed by atoms with Gasteiger partial charge in [-0.15, -0.1) is 0 Å². The minimum absolute atomic E-state index is 0.0126. The molecule has 2 rings (SSSR count). The molecular weight excluding hydrogens is 278 g/mol. The minimum Gasteiger partial charge on any atom is -0.289 e. The highest BCUT2D eigenvalue weighted by molar-refractivity contribution is 9.10. The first-order chi connectivity index (χ1) is 8.25. The number of benzene rings is 1. The van der Waals surface area contributed by atoms with E-state index in [-0.39, 0.29) is 5.78 Å². The number of rotatable bonds is 3. The summed E-state index contributed by atoms with van der Waals surface area (Å²) in [7, 11) is 0. The standard InChI is InChI=1S/C14H10BrNO/c15-13-6-4-12(5-7-13)14(17)8-3-11-2-1-9-16-10-11/h1-10H/b8-3+. The number of ketones is 1. The fourth-order valence-electron chi connectivity index (χ4n) is 1.36. The molecule has 1 aromatic carbocycles. The highest BCUT2D eigenvalue weighted by atomic mass is 79.9. The first kappa shape index (κ1) is 11.7. The van der Waals surface area contributed by atoms with Crippen LogP contribution >= 0.6 is 15.9 Å². The summed E-state index contributed by atoms with van der Waals surface area (Å²) in [6.07, 6.45) is 6.73. The average molecular weight is 288 g/mol. The molecule has 1 heterocycles. The third-order valence-corrected chi connectivity index (χ3v) is 2.77. The van der Waals surface area contributed by atoms with Crippen LogP contribution in [0.2, 0.25) is 0 Å². The van der Waals surface area contributed by atoms with Gasteiger partial charge < -0.3 is 0 Å². The predicted octanol–water partition coefficient (Wildman–Crippen LogP) is 3.74. The van der Waals surface area contributed by atoms with Gasteiger partial charge in [0.05, 0.1) is 0 Å². The minimum atomic E-state index is -0.0126. The number of allylic oxidation sites excluding steroid dienone is 1. The molecule has 0 N–H and O–H groups in total. The van der Waals surface area contributed by atoms with Crippen molar-refractivity contribution in [1.29, 1.82) is 0 Å². The molecule has 1 aromatic heterocycles. The number of halogens is 1. The van der Waals surface area contributed by atoms with Crippen LogP contribution in [0, 0.1) is 0 Å². The number of aromatic nitrogens is 1. The lowest BCUT2D eigenvalue weighted by molar-refractivity contribution is 0.104. The van der Waals surface area contributed by atoms with Crippen molar-refractivity contribution in [3.05, 3.63) is 70.5 Å². The SMILES string of the molecule is O=C(/C=C/c1cccnc1)c1ccc(Br)cc1. The summed E-state index contributed by atoms with van der Waals surface area (Å²) in [6.45, 7) is 0. The van der Waals surface area contributed by atoms with Gasteiger partial charge in [0.15, 0.2) is 5.78 Å². The van der Waals surface area contributed by atoms with Crippen molar-refractivity contribution in [1.82, 2.24) is 4.98 Å². The zero-order valence-electron chi connectivity index (χ0n) is 9.01. The third kappa shape index (κ3) is 3.36. The molecule has 2 aromatic rings. The normalized spacial score (nSPS) is 10.6. The van der Waals surface area contributed by atoms with Crippen molar-refractivity contribution >= 4 is 27.8 Å². The van der Waals surface area contributed by atoms with Gasteiger partial charge >= 0.3 is 0 Å². The summed E-state index contributed by atoms with van der Waals surface area (Å²) in [5.74, 6) is -0.0126. The average Bonchev–Trinajstić information content (AvgIpc) is 2.38. The summed E-state index contributed by atoms with van der Waals surface area (Å²) < 4.78 is 0.963. The first-order valence-corrected chi connectivity index (χ1v) is 5.93. The Kier molecular flexibility index (Phi) is 3.83. The van der Waals surface area contributed by atoms with E-state index >= 15 is 0 Å². The van der Waals surface area contributed by atoms with Crippen LogP contribution in [0.15, 0.2) is 59.3 Å². The first-order valence-electron chi connectivity index (χ1n) is 5.14. The van der Waals surface area contributed by atoms with Crippen molar-refractivity contribution in [3.63, 3.8) is 0 Å². The highest BCUT2D eigenvalue weighted by Crippen LogP contribution is 2.11. The second-order valence-corrected chi connectivity index (χ2v) is 4.41. The van der Waals surface area contributed by atoms with Crippen molar-refractivity contribution in [2.45, 2.75) is 0 Å². The Balaban J connectivity index is 2.12. The van der Waals surface area contributed by atoms with Gasteiger partial charge in [0.2, 0.25) is 0 Å². The maximum absolute atomic E-state index is 11.8. The smallest absolute Gasteiger partial charge is 0.185 e. The number of hydrogen-bond acceptors (Lipinski definition) is 2. The molecule has 84 valence electrons. The molecule has 2 nitrogen and oxygen atoms in total. The van der Waals surface area contributed by atoms with Crippen LogP contribution < -0.4 is 0 Å². The Morgan fingerprint density at radius 2 is 1.94 bits per heavy atom. The molecule has 0 saturated carbocycles. The zero-order chi connectivity index (χ0) is 12.1. The number of pyridine rings is 1. The van der Waals surface area contributed by atoms with Crippen molar-refractivity contribution in [2.75, 3.05) is 0 Å². The van der Waals surface area contributed by atoms with E-state index in [1.165, 1.54) is 0 Å². The van der Waals surface area contributed by atoms with E-state index < -0.39 is 0 Å². The quantitative estimate of drug-likeness (QED) is 0.636. The third-order valence-electron chi connectivity index (χ3n) is 2.24. The number of nitrogens with zero attached hydrogens (tertiary/aromatic N) is 1. The Bertz CT molecular complexity index is 532. The van der Waals surface area contributed by atoms with Gasteiger partial charge in [-0.3, -0.25) is 9.78 Å². The summed E-state index contributed by atoms with van der Waals surface area (Å²) in [6, 6.07) is 11.0. The van der Waals surface area contributed by atoms with Gasteiger partial charge in [0.1, 0.15) is 0 Å². The summed E-state index contributed by atoms with van der Waals surface area (Å²) in [4.78, 5) is 15.8. The van der Waals surface area contributed by atoms with E-state index in [4.69, 9.17) is 0 Å². The molecule has 0 amide bonds. The second-order valence-electron chi connectivity index (χ2n) is 3.49. The van der Waals surface area contributed by atoms with Crippen LogP contribution in [0.1, 0.15) is 15.9 Å². The van der Waals surface area contributed by atoms with Gasteiger partial charge in [-0.05, 0) is 48.0 Å². The van der Waals surface area contributed by atoms with Gasteiger partial charge in [-0.2, -0.15) is 0 Å². The van der Waals surface area contributed by atoms with Gasteiger partial charge in [-0.25, -0.2) is 0 Å². The summed E-state index contributed by atoms with van der Waals surface area (Å²) in [5.41, 5.74) is 1.59. The van der Waals surface area contributed by atoms with Gasteiger partial charge in [0.25, 0.3) is 0 Å². The van der Waals surface area contributed by atoms with E-state index in [0.29, 0.717) is 5.56 Å². The van der Waals surface area contributed by atoms with E-state index in [1.807, 2.05) is 24.3 Å². The molecule has 0 spiro atoms. The molecule has 0 saturated heterocycles. The van der Waals surface area contributed by atoms with Crippen LogP contribution in [0.3, 0.4) is 0 Å². The molecule has 0 bridgehead atoms. The summed E-state index contributed by atoms with van der Waals surface area (Å²) >= 11 is 3.33. The molecular formula is C14H10BrNO. The zero-order valence-corrected chi connectivity index (χ0v) is 10.6.